The average molecular weight is 270 g/mol. The number of aromatic carboxylic acids is 2. The van der Waals surface area contributed by atoms with Gasteiger partial charge in [-0.3, -0.25) is 0 Å². The summed E-state index contributed by atoms with van der Waals surface area (Å²) >= 11 is 0. The fourth-order valence-electron chi connectivity index (χ4n) is 1.92. The predicted molar refractivity (Wildman–Crippen MR) is 74.2 cm³/mol. The van der Waals surface area contributed by atoms with Gasteiger partial charge in [0, 0.05) is 0 Å². The van der Waals surface area contributed by atoms with Crippen LogP contribution < -0.4 is 0 Å². The second-order valence-electron chi connectivity index (χ2n) is 4.50. The van der Waals surface area contributed by atoms with Gasteiger partial charge in [0.1, 0.15) is 0 Å². The minimum Gasteiger partial charge on any atom is -0.478 e. The topological polar surface area (TPSA) is 74.6 Å². The summed E-state index contributed by atoms with van der Waals surface area (Å²) in [6.07, 6.45) is 1.57. The maximum absolute atomic E-state index is 10.7. The van der Waals surface area contributed by atoms with Crippen molar-refractivity contribution in [3.8, 4) is 0 Å². The molecule has 2 rings (SSSR count). The number of hydrogen-bond donors (Lipinski definition) is 2. The standard InChI is InChI=1S/C16H14O4/c17-15(18)13-7-3-11(4-8-13)1-2-12-5-9-14(10-6-12)16(19)20/h3-10H,1-2H2,(H,17,18)(H,19,20). The van der Waals surface area contributed by atoms with Gasteiger partial charge in [0.25, 0.3) is 0 Å². The Bertz CT molecular complexity index is 554. The highest BCUT2D eigenvalue weighted by atomic mass is 16.4. The molecule has 2 N–H and O–H groups in total. The van der Waals surface area contributed by atoms with E-state index in [0.717, 1.165) is 24.0 Å². The van der Waals surface area contributed by atoms with Crippen molar-refractivity contribution < 1.29 is 19.8 Å². The van der Waals surface area contributed by atoms with E-state index in [1.807, 2.05) is 0 Å². The summed E-state index contributed by atoms with van der Waals surface area (Å²) in [6, 6.07) is 13.6. The van der Waals surface area contributed by atoms with E-state index in [9.17, 15) is 9.59 Å². The van der Waals surface area contributed by atoms with Crippen molar-refractivity contribution in [3.63, 3.8) is 0 Å². The van der Waals surface area contributed by atoms with E-state index in [1.165, 1.54) is 0 Å². The number of aryl methyl sites for hydroxylation is 2. The third-order valence-corrected chi connectivity index (χ3v) is 3.10. The van der Waals surface area contributed by atoms with Crippen molar-refractivity contribution in [1.82, 2.24) is 0 Å². The van der Waals surface area contributed by atoms with Crippen LogP contribution in [0.5, 0.6) is 0 Å². The first-order valence-electron chi connectivity index (χ1n) is 6.21. The second-order valence-corrected chi connectivity index (χ2v) is 4.50. The quantitative estimate of drug-likeness (QED) is 0.876. The van der Waals surface area contributed by atoms with Crippen LogP contribution in [0.3, 0.4) is 0 Å². The molecular weight excluding hydrogens is 256 g/mol. The molecule has 0 bridgehead atoms. The number of carbonyl (C=O) groups is 2. The zero-order valence-corrected chi connectivity index (χ0v) is 10.7. The molecule has 0 aliphatic heterocycles. The number of hydrogen-bond acceptors (Lipinski definition) is 2. The van der Waals surface area contributed by atoms with Crippen LogP contribution in [0.25, 0.3) is 0 Å². The van der Waals surface area contributed by atoms with E-state index in [4.69, 9.17) is 10.2 Å². The van der Waals surface area contributed by atoms with Crippen molar-refractivity contribution >= 4 is 11.9 Å². The SMILES string of the molecule is O=C(O)c1ccc(CCc2ccc(C(=O)O)cc2)cc1. The molecule has 0 aliphatic rings. The third-order valence-electron chi connectivity index (χ3n) is 3.10. The highest BCUT2D eigenvalue weighted by Crippen LogP contribution is 2.10. The van der Waals surface area contributed by atoms with Crippen LogP contribution in [-0.4, -0.2) is 22.2 Å². The van der Waals surface area contributed by atoms with Crippen LogP contribution in [0, 0.1) is 0 Å². The molecule has 0 saturated heterocycles. The normalized spacial score (nSPS) is 10.2. The molecule has 102 valence electrons. The third kappa shape index (κ3) is 3.45. The van der Waals surface area contributed by atoms with E-state index < -0.39 is 11.9 Å². The van der Waals surface area contributed by atoms with Crippen LogP contribution in [0.15, 0.2) is 48.5 Å². The lowest BCUT2D eigenvalue weighted by molar-refractivity contribution is 0.0686. The van der Waals surface area contributed by atoms with Gasteiger partial charge in [-0.25, -0.2) is 9.59 Å². The van der Waals surface area contributed by atoms with Crippen molar-refractivity contribution in [2.45, 2.75) is 12.8 Å². The first-order valence-corrected chi connectivity index (χ1v) is 6.21. The number of carboxylic acid groups (broad SMARTS) is 2. The van der Waals surface area contributed by atoms with Gasteiger partial charge in [-0.15, -0.1) is 0 Å². The Hall–Kier alpha value is -2.62. The molecule has 20 heavy (non-hydrogen) atoms. The average Bonchev–Trinajstić information content (AvgIpc) is 2.46. The predicted octanol–water partition coefficient (Wildman–Crippen LogP) is 2.87. The molecule has 0 atom stereocenters. The summed E-state index contributed by atoms with van der Waals surface area (Å²) in [7, 11) is 0. The van der Waals surface area contributed by atoms with Gasteiger partial charge in [-0.2, -0.15) is 0 Å². The Balaban J connectivity index is 1.97. The fraction of sp³-hybridized carbons (Fsp3) is 0.125. The summed E-state index contributed by atoms with van der Waals surface area (Å²) in [4.78, 5) is 21.5. The Labute approximate surface area is 116 Å². The minimum atomic E-state index is -0.930. The highest BCUT2D eigenvalue weighted by molar-refractivity contribution is 5.88. The monoisotopic (exact) mass is 270 g/mol. The minimum absolute atomic E-state index is 0.277. The van der Waals surface area contributed by atoms with E-state index in [0.29, 0.717) is 0 Å². The summed E-state index contributed by atoms with van der Waals surface area (Å²) < 4.78 is 0. The smallest absolute Gasteiger partial charge is 0.335 e. The molecule has 2 aromatic rings. The highest BCUT2D eigenvalue weighted by Gasteiger charge is 2.03. The summed E-state index contributed by atoms with van der Waals surface area (Å²) in [5, 5.41) is 17.6. The van der Waals surface area contributed by atoms with Gasteiger partial charge in [-0.1, -0.05) is 24.3 Å². The Morgan fingerprint density at radius 1 is 0.650 bits per heavy atom. The molecule has 0 fully saturated rings. The molecule has 0 saturated carbocycles. The maximum atomic E-state index is 10.7. The summed E-state index contributed by atoms with van der Waals surface area (Å²) in [5.41, 5.74) is 2.66. The van der Waals surface area contributed by atoms with Crippen molar-refractivity contribution in [3.05, 3.63) is 70.8 Å². The largest absolute Gasteiger partial charge is 0.478 e. The van der Waals surface area contributed by atoms with Gasteiger partial charge < -0.3 is 10.2 Å². The molecule has 0 spiro atoms. The zero-order valence-electron chi connectivity index (χ0n) is 10.7. The Morgan fingerprint density at radius 2 is 0.950 bits per heavy atom. The maximum Gasteiger partial charge on any atom is 0.335 e. The fourth-order valence-corrected chi connectivity index (χ4v) is 1.92. The van der Waals surface area contributed by atoms with Gasteiger partial charge in [0.15, 0.2) is 0 Å². The first kappa shape index (κ1) is 13.8. The molecule has 4 nitrogen and oxygen atoms in total. The molecule has 0 radical (unpaired) electrons. The molecule has 2 aromatic carbocycles. The van der Waals surface area contributed by atoms with E-state index in [2.05, 4.69) is 0 Å². The van der Waals surface area contributed by atoms with Crippen LogP contribution in [0.4, 0.5) is 0 Å². The molecule has 0 aliphatic carbocycles. The number of carboxylic acids is 2. The van der Waals surface area contributed by atoms with Crippen LogP contribution in [0.2, 0.25) is 0 Å². The Kier molecular flexibility index (Phi) is 4.15. The van der Waals surface area contributed by atoms with E-state index >= 15 is 0 Å². The van der Waals surface area contributed by atoms with Crippen LogP contribution in [0.1, 0.15) is 31.8 Å². The van der Waals surface area contributed by atoms with E-state index in [1.54, 1.807) is 48.5 Å². The number of rotatable bonds is 5. The van der Waals surface area contributed by atoms with Crippen LogP contribution in [-0.2, 0) is 12.8 Å². The van der Waals surface area contributed by atoms with Gasteiger partial charge >= 0.3 is 11.9 Å². The lowest BCUT2D eigenvalue weighted by Crippen LogP contribution is -1.98. The molecular formula is C16H14O4. The lowest BCUT2D eigenvalue weighted by Gasteiger charge is -2.03. The van der Waals surface area contributed by atoms with Gasteiger partial charge in [0.05, 0.1) is 11.1 Å². The number of benzene rings is 2. The van der Waals surface area contributed by atoms with E-state index in [-0.39, 0.29) is 11.1 Å². The second kappa shape index (κ2) is 6.02. The molecule has 0 aromatic heterocycles. The molecule has 0 heterocycles. The zero-order chi connectivity index (χ0) is 14.5. The molecule has 0 unspecified atom stereocenters. The summed E-state index contributed by atoms with van der Waals surface area (Å²) in [5.74, 6) is -1.86. The van der Waals surface area contributed by atoms with Crippen LogP contribution >= 0.6 is 0 Å². The molecule has 4 heteroatoms. The summed E-state index contributed by atoms with van der Waals surface area (Å²) in [6.45, 7) is 0. The van der Waals surface area contributed by atoms with Crippen molar-refractivity contribution in [2.75, 3.05) is 0 Å². The van der Waals surface area contributed by atoms with Crippen molar-refractivity contribution in [2.24, 2.45) is 0 Å². The van der Waals surface area contributed by atoms with Crippen molar-refractivity contribution in [1.29, 1.82) is 0 Å². The van der Waals surface area contributed by atoms with Gasteiger partial charge in [-0.05, 0) is 48.2 Å². The van der Waals surface area contributed by atoms with Gasteiger partial charge in [0.2, 0.25) is 0 Å². The Morgan fingerprint density at radius 3 is 1.20 bits per heavy atom. The first-order chi connectivity index (χ1) is 9.56. The molecule has 0 amide bonds. The lowest BCUT2D eigenvalue weighted by atomic mass is 10.0.